The summed E-state index contributed by atoms with van der Waals surface area (Å²) in [5.74, 6) is 1.42. The predicted molar refractivity (Wildman–Crippen MR) is 110 cm³/mol. The van der Waals surface area contributed by atoms with Crippen molar-refractivity contribution in [2.24, 2.45) is 11.8 Å². The largest absolute Gasteiger partial charge is 0.354 e. The van der Waals surface area contributed by atoms with Crippen LogP contribution in [-0.2, 0) is 9.59 Å². The zero-order valence-electron chi connectivity index (χ0n) is 16.9. The summed E-state index contributed by atoms with van der Waals surface area (Å²) in [5, 5.41) is 6.37. The highest BCUT2D eigenvalue weighted by atomic mass is 35.5. The highest BCUT2D eigenvalue weighted by Gasteiger charge is 2.34. The molecule has 156 valence electrons. The fraction of sp³-hybridized carbons (Fsp3) is 0.900. The van der Waals surface area contributed by atoms with Crippen LogP contribution in [0.25, 0.3) is 0 Å². The summed E-state index contributed by atoms with van der Waals surface area (Å²) in [4.78, 5) is 29.4. The van der Waals surface area contributed by atoms with Gasteiger partial charge in [0.1, 0.15) is 0 Å². The standard InChI is InChI=1S/C20H36N4O2.ClH/c1-15(2)12-24(17-7-8-17)19(25)14-23-10-4-5-16(13-23)11-22-20(26)18-6-3-9-21-18;/h15-18,21H,3-14H2,1-2H3,(H,22,26);1H. The Morgan fingerprint density at radius 2 is 1.96 bits per heavy atom. The molecule has 0 aromatic heterocycles. The number of carbonyl (C=O) groups excluding carboxylic acids is 2. The quantitative estimate of drug-likeness (QED) is 0.650. The minimum absolute atomic E-state index is 0. The van der Waals surface area contributed by atoms with Crippen molar-refractivity contribution in [1.82, 2.24) is 20.4 Å². The Labute approximate surface area is 170 Å². The van der Waals surface area contributed by atoms with E-state index in [1.54, 1.807) is 0 Å². The number of rotatable bonds is 8. The molecule has 2 atom stereocenters. The molecule has 7 heteroatoms. The van der Waals surface area contributed by atoms with Crippen LogP contribution in [0.5, 0.6) is 0 Å². The molecular weight excluding hydrogens is 364 g/mol. The Morgan fingerprint density at radius 3 is 2.59 bits per heavy atom. The van der Waals surface area contributed by atoms with E-state index >= 15 is 0 Å². The lowest BCUT2D eigenvalue weighted by Gasteiger charge is -2.34. The van der Waals surface area contributed by atoms with Gasteiger partial charge in [-0.1, -0.05) is 13.8 Å². The molecule has 3 rings (SSSR count). The second-order valence-electron chi connectivity index (χ2n) is 8.81. The third-order valence-electron chi connectivity index (χ3n) is 5.77. The minimum atomic E-state index is -0.000551. The number of nitrogens with one attached hydrogen (secondary N) is 2. The molecule has 2 heterocycles. The van der Waals surface area contributed by atoms with Crippen LogP contribution in [0.1, 0.15) is 52.4 Å². The van der Waals surface area contributed by atoms with E-state index in [-0.39, 0.29) is 24.4 Å². The first kappa shape index (κ1) is 22.4. The average Bonchev–Trinajstić information content (AvgIpc) is 3.30. The Balaban J connectivity index is 0.00000261. The highest BCUT2D eigenvalue weighted by molar-refractivity contribution is 5.85. The summed E-state index contributed by atoms with van der Waals surface area (Å²) in [6, 6.07) is 0.489. The number of piperidine rings is 1. The molecule has 0 bridgehead atoms. The van der Waals surface area contributed by atoms with Gasteiger partial charge < -0.3 is 15.5 Å². The van der Waals surface area contributed by atoms with E-state index in [1.165, 1.54) is 12.8 Å². The molecule has 2 saturated heterocycles. The molecule has 6 nitrogen and oxygen atoms in total. The molecule has 1 saturated carbocycles. The molecule has 0 radical (unpaired) electrons. The maximum absolute atomic E-state index is 12.8. The summed E-state index contributed by atoms with van der Waals surface area (Å²) >= 11 is 0. The number of likely N-dealkylation sites (tertiary alicyclic amines) is 1. The van der Waals surface area contributed by atoms with Crippen LogP contribution >= 0.6 is 12.4 Å². The van der Waals surface area contributed by atoms with Crippen molar-refractivity contribution < 1.29 is 9.59 Å². The third-order valence-corrected chi connectivity index (χ3v) is 5.77. The van der Waals surface area contributed by atoms with Crippen LogP contribution in [0.4, 0.5) is 0 Å². The average molecular weight is 401 g/mol. The Bertz CT molecular complexity index is 492. The first-order valence-corrected chi connectivity index (χ1v) is 10.6. The summed E-state index contributed by atoms with van der Waals surface area (Å²) < 4.78 is 0. The second kappa shape index (κ2) is 10.6. The number of nitrogens with zero attached hydrogens (tertiary/aromatic N) is 2. The lowest BCUT2D eigenvalue weighted by molar-refractivity contribution is -0.134. The Morgan fingerprint density at radius 1 is 1.19 bits per heavy atom. The molecule has 2 aliphatic heterocycles. The van der Waals surface area contributed by atoms with Crippen LogP contribution in [0.3, 0.4) is 0 Å². The van der Waals surface area contributed by atoms with Crippen LogP contribution in [0.2, 0.25) is 0 Å². The fourth-order valence-corrected chi connectivity index (χ4v) is 4.25. The highest BCUT2D eigenvalue weighted by Crippen LogP contribution is 2.28. The van der Waals surface area contributed by atoms with E-state index in [0.717, 1.165) is 58.4 Å². The minimum Gasteiger partial charge on any atom is -0.354 e. The van der Waals surface area contributed by atoms with Gasteiger partial charge in [0.2, 0.25) is 11.8 Å². The van der Waals surface area contributed by atoms with Crippen LogP contribution < -0.4 is 10.6 Å². The molecule has 27 heavy (non-hydrogen) atoms. The van der Waals surface area contributed by atoms with Gasteiger partial charge in [0.05, 0.1) is 12.6 Å². The van der Waals surface area contributed by atoms with Crippen molar-refractivity contribution in [1.29, 1.82) is 0 Å². The smallest absolute Gasteiger partial charge is 0.237 e. The third kappa shape index (κ3) is 6.91. The zero-order valence-corrected chi connectivity index (χ0v) is 17.7. The van der Waals surface area contributed by atoms with Crippen molar-refractivity contribution in [3.63, 3.8) is 0 Å². The zero-order chi connectivity index (χ0) is 18.5. The van der Waals surface area contributed by atoms with E-state index in [9.17, 15) is 9.59 Å². The molecule has 0 aromatic carbocycles. The molecule has 2 N–H and O–H groups in total. The number of hydrogen-bond donors (Lipinski definition) is 2. The van der Waals surface area contributed by atoms with Gasteiger partial charge in [0, 0.05) is 25.7 Å². The van der Waals surface area contributed by atoms with Crippen molar-refractivity contribution in [2.45, 2.75) is 64.5 Å². The summed E-state index contributed by atoms with van der Waals surface area (Å²) in [6.07, 6.45) is 6.63. The van der Waals surface area contributed by atoms with Gasteiger partial charge in [0.15, 0.2) is 0 Å². The maximum Gasteiger partial charge on any atom is 0.237 e. The van der Waals surface area contributed by atoms with Crippen molar-refractivity contribution in [2.75, 3.05) is 39.3 Å². The molecule has 0 spiro atoms. The number of carbonyl (C=O) groups is 2. The van der Waals surface area contributed by atoms with E-state index in [4.69, 9.17) is 0 Å². The van der Waals surface area contributed by atoms with Gasteiger partial charge in [-0.15, -0.1) is 12.4 Å². The number of amides is 2. The van der Waals surface area contributed by atoms with Gasteiger partial charge in [-0.3, -0.25) is 14.5 Å². The molecule has 0 aromatic rings. The van der Waals surface area contributed by atoms with E-state index in [1.807, 2.05) is 0 Å². The van der Waals surface area contributed by atoms with Crippen molar-refractivity contribution >= 4 is 24.2 Å². The van der Waals surface area contributed by atoms with Crippen LogP contribution in [0, 0.1) is 11.8 Å². The van der Waals surface area contributed by atoms with Crippen LogP contribution in [-0.4, -0.2) is 73.0 Å². The van der Waals surface area contributed by atoms with Gasteiger partial charge in [-0.2, -0.15) is 0 Å². The van der Waals surface area contributed by atoms with Crippen molar-refractivity contribution in [3.05, 3.63) is 0 Å². The molecule has 3 aliphatic rings. The molecule has 3 fully saturated rings. The van der Waals surface area contributed by atoms with Gasteiger partial charge >= 0.3 is 0 Å². The monoisotopic (exact) mass is 400 g/mol. The van der Waals surface area contributed by atoms with E-state index < -0.39 is 0 Å². The summed E-state index contributed by atoms with van der Waals surface area (Å²) in [5.41, 5.74) is 0. The molecule has 2 unspecified atom stereocenters. The SMILES string of the molecule is CC(C)CN(C(=O)CN1CCCC(CNC(=O)C2CCCN2)C1)C1CC1.Cl. The first-order valence-electron chi connectivity index (χ1n) is 10.6. The van der Waals surface area contributed by atoms with Crippen molar-refractivity contribution in [3.8, 4) is 0 Å². The van der Waals surface area contributed by atoms with Gasteiger partial charge in [-0.25, -0.2) is 0 Å². The normalized spacial score (nSPS) is 25.9. The van der Waals surface area contributed by atoms with Gasteiger partial charge in [-0.05, 0) is 63.5 Å². The maximum atomic E-state index is 12.8. The predicted octanol–water partition coefficient (Wildman–Crippen LogP) is 1.64. The van der Waals surface area contributed by atoms with Crippen LogP contribution in [0.15, 0.2) is 0 Å². The first-order chi connectivity index (χ1) is 12.5. The Hall–Kier alpha value is -0.850. The summed E-state index contributed by atoms with van der Waals surface area (Å²) in [7, 11) is 0. The number of halogens is 1. The van der Waals surface area contributed by atoms with E-state index in [0.29, 0.717) is 30.3 Å². The summed E-state index contributed by atoms with van der Waals surface area (Å²) in [6.45, 7) is 9.39. The second-order valence-corrected chi connectivity index (χ2v) is 8.81. The molecule has 1 aliphatic carbocycles. The van der Waals surface area contributed by atoms with E-state index in [2.05, 4.69) is 34.3 Å². The topological polar surface area (TPSA) is 64.7 Å². The molecule has 2 amide bonds. The fourth-order valence-electron chi connectivity index (χ4n) is 4.25. The lowest BCUT2D eigenvalue weighted by Crippen LogP contribution is -2.48. The van der Waals surface area contributed by atoms with Gasteiger partial charge in [0.25, 0.3) is 0 Å². The lowest BCUT2D eigenvalue weighted by atomic mass is 9.97. The Kier molecular flexibility index (Phi) is 8.83. The molecular formula is C20H37ClN4O2. The number of hydrogen-bond acceptors (Lipinski definition) is 4.